The largest absolute Gasteiger partial charge is 0.342 e. The number of carbonyl (C=O) groups excluding carboxylic acids is 2. The highest BCUT2D eigenvalue weighted by Crippen LogP contribution is 2.26. The molecular formula is C16H29N3O2. The molecule has 0 aliphatic carbocycles. The molecule has 2 aliphatic rings. The maximum Gasteiger partial charge on any atom is 0.248 e. The molecule has 1 unspecified atom stereocenters. The molecule has 2 aliphatic heterocycles. The van der Waals surface area contributed by atoms with Crippen molar-refractivity contribution in [3.8, 4) is 0 Å². The van der Waals surface area contributed by atoms with Crippen LogP contribution in [-0.2, 0) is 9.59 Å². The van der Waals surface area contributed by atoms with Crippen molar-refractivity contribution < 1.29 is 9.59 Å². The molecule has 2 fully saturated rings. The average molecular weight is 295 g/mol. The fraction of sp³-hybridized carbons (Fsp3) is 0.875. The van der Waals surface area contributed by atoms with Gasteiger partial charge in [0.25, 0.3) is 0 Å². The summed E-state index contributed by atoms with van der Waals surface area (Å²) in [5.74, 6) is 0.138. The Hall–Kier alpha value is -1.10. The molecule has 2 saturated heterocycles. The third kappa shape index (κ3) is 3.23. The van der Waals surface area contributed by atoms with Crippen LogP contribution < -0.4 is 5.32 Å². The van der Waals surface area contributed by atoms with Crippen molar-refractivity contribution in [2.75, 3.05) is 26.2 Å². The lowest BCUT2D eigenvalue weighted by molar-refractivity contribution is -0.142. The van der Waals surface area contributed by atoms with Crippen molar-refractivity contribution >= 4 is 11.8 Å². The van der Waals surface area contributed by atoms with Gasteiger partial charge in [-0.15, -0.1) is 0 Å². The van der Waals surface area contributed by atoms with Crippen LogP contribution in [0.1, 0.15) is 52.9 Å². The summed E-state index contributed by atoms with van der Waals surface area (Å²) in [5.41, 5.74) is -0.692. The number of likely N-dealkylation sites (N-methyl/N-ethyl adjacent to an activating group) is 1. The first-order valence-corrected chi connectivity index (χ1v) is 8.40. The van der Waals surface area contributed by atoms with E-state index in [1.54, 1.807) is 0 Å². The maximum absolute atomic E-state index is 13.1. The fourth-order valence-corrected chi connectivity index (χ4v) is 3.63. The number of nitrogens with one attached hydrogen (secondary N) is 1. The molecular weight excluding hydrogens is 266 g/mol. The van der Waals surface area contributed by atoms with Crippen LogP contribution >= 0.6 is 0 Å². The minimum absolute atomic E-state index is 0.0118. The summed E-state index contributed by atoms with van der Waals surface area (Å²) in [6.45, 7) is 9.81. The van der Waals surface area contributed by atoms with Crippen molar-refractivity contribution in [3.05, 3.63) is 0 Å². The standard InChI is InChI=1S/C16H29N3O2/c1-4-16(5-2)15(21)19(11-9-14(20)17-16)13-8-7-10-18(6-3)12-13/h13H,4-12H2,1-3H3,(H,17,20). The molecule has 0 aromatic rings. The summed E-state index contributed by atoms with van der Waals surface area (Å²) in [6, 6.07) is 0.261. The summed E-state index contributed by atoms with van der Waals surface area (Å²) in [5, 5.41) is 2.99. The predicted molar refractivity (Wildman–Crippen MR) is 82.9 cm³/mol. The molecule has 0 bridgehead atoms. The Morgan fingerprint density at radius 2 is 1.90 bits per heavy atom. The smallest absolute Gasteiger partial charge is 0.248 e. The Kier molecular flexibility index (Phi) is 5.25. The molecule has 120 valence electrons. The van der Waals surface area contributed by atoms with Gasteiger partial charge in [0.2, 0.25) is 11.8 Å². The Morgan fingerprint density at radius 3 is 2.52 bits per heavy atom. The van der Waals surface area contributed by atoms with Gasteiger partial charge in [0.05, 0.1) is 0 Å². The Morgan fingerprint density at radius 1 is 1.19 bits per heavy atom. The lowest BCUT2D eigenvalue weighted by atomic mass is 9.90. The number of rotatable bonds is 4. The van der Waals surface area contributed by atoms with Gasteiger partial charge in [-0.1, -0.05) is 20.8 Å². The number of hydrogen-bond acceptors (Lipinski definition) is 3. The topological polar surface area (TPSA) is 52.6 Å². The Balaban J connectivity index is 2.21. The Bertz CT molecular complexity index is 393. The van der Waals surface area contributed by atoms with Gasteiger partial charge in [-0.3, -0.25) is 9.59 Å². The lowest BCUT2D eigenvalue weighted by Crippen LogP contribution is -2.60. The zero-order valence-electron chi connectivity index (χ0n) is 13.7. The number of piperidine rings is 1. The van der Waals surface area contributed by atoms with Crippen molar-refractivity contribution in [2.45, 2.75) is 64.5 Å². The second-order valence-electron chi connectivity index (χ2n) is 6.28. The maximum atomic E-state index is 13.1. The third-order valence-electron chi connectivity index (χ3n) is 5.20. The average Bonchev–Trinajstić information content (AvgIpc) is 2.64. The molecule has 5 nitrogen and oxygen atoms in total. The number of carbonyl (C=O) groups is 2. The second kappa shape index (κ2) is 6.77. The summed E-state index contributed by atoms with van der Waals surface area (Å²) < 4.78 is 0. The molecule has 2 heterocycles. The van der Waals surface area contributed by atoms with E-state index in [9.17, 15) is 9.59 Å². The summed E-state index contributed by atoms with van der Waals surface area (Å²) >= 11 is 0. The van der Waals surface area contributed by atoms with Gasteiger partial charge in [-0.25, -0.2) is 0 Å². The molecule has 2 rings (SSSR count). The van der Waals surface area contributed by atoms with Gasteiger partial charge in [0, 0.05) is 25.6 Å². The van der Waals surface area contributed by atoms with Crippen LogP contribution in [0.3, 0.4) is 0 Å². The highest BCUT2D eigenvalue weighted by molar-refractivity contribution is 5.93. The number of likely N-dealkylation sites (tertiary alicyclic amines) is 1. The highest BCUT2D eigenvalue weighted by Gasteiger charge is 2.44. The highest BCUT2D eigenvalue weighted by atomic mass is 16.2. The van der Waals surface area contributed by atoms with Gasteiger partial charge in [-0.2, -0.15) is 0 Å². The van der Waals surface area contributed by atoms with E-state index in [-0.39, 0.29) is 17.9 Å². The molecule has 0 aromatic heterocycles. The first kappa shape index (κ1) is 16.3. The van der Waals surface area contributed by atoms with E-state index in [4.69, 9.17) is 0 Å². The second-order valence-corrected chi connectivity index (χ2v) is 6.28. The zero-order valence-corrected chi connectivity index (χ0v) is 13.7. The van der Waals surface area contributed by atoms with E-state index >= 15 is 0 Å². The number of nitrogens with zero attached hydrogens (tertiary/aromatic N) is 2. The molecule has 5 heteroatoms. The molecule has 21 heavy (non-hydrogen) atoms. The minimum atomic E-state index is -0.692. The summed E-state index contributed by atoms with van der Waals surface area (Å²) in [6.07, 6.45) is 3.94. The monoisotopic (exact) mass is 295 g/mol. The van der Waals surface area contributed by atoms with Gasteiger partial charge in [-0.05, 0) is 38.8 Å². The van der Waals surface area contributed by atoms with E-state index in [0.29, 0.717) is 25.8 Å². The first-order valence-electron chi connectivity index (χ1n) is 8.40. The van der Waals surface area contributed by atoms with Crippen molar-refractivity contribution in [1.82, 2.24) is 15.1 Å². The van der Waals surface area contributed by atoms with Gasteiger partial charge in [0.1, 0.15) is 5.54 Å². The first-order chi connectivity index (χ1) is 10.1. The molecule has 0 saturated carbocycles. The molecule has 0 radical (unpaired) electrons. The van der Waals surface area contributed by atoms with Gasteiger partial charge in [0.15, 0.2) is 0 Å². The molecule has 2 amide bonds. The van der Waals surface area contributed by atoms with Crippen molar-refractivity contribution in [1.29, 1.82) is 0 Å². The molecule has 1 atom stereocenters. The van der Waals surface area contributed by atoms with E-state index in [2.05, 4.69) is 17.1 Å². The molecule has 0 spiro atoms. The third-order valence-corrected chi connectivity index (χ3v) is 5.20. The van der Waals surface area contributed by atoms with Crippen LogP contribution in [0.25, 0.3) is 0 Å². The van der Waals surface area contributed by atoms with E-state index in [1.807, 2.05) is 18.7 Å². The van der Waals surface area contributed by atoms with Crippen LogP contribution in [0.2, 0.25) is 0 Å². The van der Waals surface area contributed by atoms with E-state index in [1.165, 1.54) is 0 Å². The van der Waals surface area contributed by atoms with Crippen molar-refractivity contribution in [3.63, 3.8) is 0 Å². The van der Waals surface area contributed by atoms with E-state index < -0.39 is 5.54 Å². The lowest BCUT2D eigenvalue weighted by Gasteiger charge is -2.42. The predicted octanol–water partition coefficient (Wildman–Crippen LogP) is 1.38. The van der Waals surface area contributed by atoms with Gasteiger partial charge >= 0.3 is 0 Å². The van der Waals surface area contributed by atoms with Crippen LogP contribution in [0.15, 0.2) is 0 Å². The fourth-order valence-electron chi connectivity index (χ4n) is 3.63. The normalized spacial score (nSPS) is 27.4. The SMILES string of the molecule is CCN1CCCC(N2CCC(=O)NC(CC)(CC)C2=O)C1. The minimum Gasteiger partial charge on any atom is -0.342 e. The zero-order chi connectivity index (χ0) is 15.5. The summed E-state index contributed by atoms with van der Waals surface area (Å²) in [4.78, 5) is 29.5. The number of amides is 2. The van der Waals surface area contributed by atoms with Crippen LogP contribution in [0.5, 0.6) is 0 Å². The van der Waals surface area contributed by atoms with Gasteiger partial charge < -0.3 is 15.1 Å². The van der Waals surface area contributed by atoms with Crippen LogP contribution in [0, 0.1) is 0 Å². The molecule has 0 aromatic carbocycles. The van der Waals surface area contributed by atoms with Crippen LogP contribution in [-0.4, -0.2) is 59.4 Å². The Labute approximate surface area is 128 Å². The van der Waals surface area contributed by atoms with Crippen LogP contribution in [0.4, 0.5) is 0 Å². The van der Waals surface area contributed by atoms with Crippen molar-refractivity contribution in [2.24, 2.45) is 0 Å². The summed E-state index contributed by atoms with van der Waals surface area (Å²) in [7, 11) is 0. The molecule has 1 N–H and O–H groups in total. The number of hydrogen-bond donors (Lipinski definition) is 1. The quantitative estimate of drug-likeness (QED) is 0.852. The van der Waals surface area contributed by atoms with E-state index in [0.717, 1.165) is 32.5 Å².